The number of nitrogens with zero attached hydrogens (tertiary/aromatic N) is 4. The standard InChI is InChI=1S/C16H22N6O2S/c1-10-6-7-12(8-11(10)2)22-15(19-20-21-22)25-9-13(23)17-14(24)18-16(3,4)5/h6-8H,9H2,1-5H3,(H2,17,18,23,24). The number of aromatic nitrogens is 4. The highest BCUT2D eigenvalue weighted by atomic mass is 32.2. The molecule has 25 heavy (non-hydrogen) atoms. The number of amides is 3. The van der Waals surface area contributed by atoms with Crippen LogP contribution >= 0.6 is 11.8 Å². The molecule has 0 spiro atoms. The predicted molar refractivity (Wildman–Crippen MR) is 95.8 cm³/mol. The zero-order valence-corrected chi connectivity index (χ0v) is 15.8. The first kappa shape index (κ1) is 18.9. The van der Waals surface area contributed by atoms with Gasteiger partial charge in [0.05, 0.1) is 11.4 Å². The molecule has 2 aromatic rings. The minimum atomic E-state index is -0.521. The van der Waals surface area contributed by atoms with E-state index < -0.39 is 17.5 Å². The third-order valence-electron chi connectivity index (χ3n) is 3.25. The number of nitrogens with one attached hydrogen (secondary N) is 2. The van der Waals surface area contributed by atoms with E-state index in [4.69, 9.17) is 0 Å². The Morgan fingerprint density at radius 3 is 2.56 bits per heavy atom. The molecule has 8 nitrogen and oxygen atoms in total. The zero-order chi connectivity index (χ0) is 18.6. The molecule has 0 aliphatic heterocycles. The number of benzene rings is 1. The number of aryl methyl sites for hydroxylation is 2. The van der Waals surface area contributed by atoms with Crippen LogP contribution in [-0.4, -0.2) is 43.4 Å². The summed E-state index contributed by atoms with van der Waals surface area (Å²) in [5.74, 6) is -0.385. The Balaban J connectivity index is 1.98. The van der Waals surface area contributed by atoms with Gasteiger partial charge in [0.1, 0.15) is 0 Å². The Morgan fingerprint density at radius 1 is 1.20 bits per heavy atom. The van der Waals surface area contributed by atoms with Crippen molar-refractivity contribution in [2.45, 2.75) is 45.3 Å². The fourth-order valence-electron chi connectivity index (χ4n) is 1.95. The summed E-state index contributed by atoms with van der Waals surface area (Å²) < 4.78 is 1.57. The highest BCUT2D eigenvalue weighted by Crippen LogP contribution is 2.19. The second kappa shape index (κ2) is 7.64. The van der Waals surface area contributed by atoms with Crippen molar-refractivity contribution in [2.75, 3.05) is 5.75 Å². The third-order valence-corrected chi connectivity index (χ3v) is 4.17. The summed E-state index contributed by atoms with van der Waals surface area (Å²) in [6.07, 6.45) is 0. The molecule has 0 aliphatic rings. The minimum Gasteiger partial charge on any atom is -0.333 e. The minimum absolute atomic E-state index is 0.0305. The molecule has 0 aliphatic carbocycles. The predicted octanol–water partition coefficient (Wildman–Crippen LogP) is 2.00. The van der Waals surface area contributed by atoms with E-state index in [1.54, 1.807) is 4.68 Å². The Bertz CT molecular complexity index is 781. The first-order valence-electron chi connectivity index (χ1n) is 7.76. The number of hydrogen-bond donors (Lipinski definition) is 2. The molecule has 2 rings (SSSR count). The maximum atomic E-state index is 11.9. The smallest absolute Gasteiger partial charge is 0.321 e. The van der Waals surface area contributed by atoms with E-state index in [0.717, 1.165) is 23.0 Å². The summed E-state index contributed by atoms with van der Waals surface area (Å²) in [7, 11) is 0. The molecule has 0 atom stereocenters. The van der Waals surface area contributed by atoms with Gasteiger partial charge in [-0.15, -0.1) is 5.10 Å². The molecule has 0 saturated carbocycles. The van der Waals surface area contributed by atoms with Crippen molar-refractivity contribution in [1.29, 1.82) is 0 Å². The number of rotatable bonds is 4. The average Bonchev–Trinajstić information content (AvgIpc) is 2.94. The van der Waals surface area contributed by atoms with Crippen LogP contribution in [0.3, 0.4) is 0 Å². The number of carbonyl (C=O) groups excluding carboxylic acids is 2. The number of thioether (sulfide) groups is 1. The van der Waals surface area contributed by atoms with Crippen LogP contribution in [0.15, 0.2) is 23.4 Å². The molecule has 0 bridgehead atoms. The molecule has 1 heterocycles. The maximum absolute atomic E-state index is 11.9. The summed E-state index contributed by atoms with van der Waals surface area (Å²) in [4.78, 5) is 23.6. The van der Waals surface area contributed by atoms with E-state index in [1.807, 2.05) is 52.8 Å². The van der Waals surface area contributed by atoms with Crippen LogP contribution in [-0.2, 0) is 4.79 Å². The largest absolute Gasteiger partial charge is 0.333 e. The van der Waals surface area contributed by atoms with Gasteiger partial charge in [0.15, 0.2) is 0 Å². The van der Waals surface area contributed by atoms with E-state index in [-0.39, 0.29) is 5.75 Å². The molecule has 1 aromatic carbocycles. The topological polar surface area (TPSA) is 102 Å². The fourth-order valence-corrected chi connectivity index (χ4v) is 2.64. The fraction of sp³-hybridized carbons (Fsp3) is 0.438. The molecule has 9 heteroatoms. The second-order valence-electron chi connectivity index (χ2n) is 6.68. The van der Waals surface area contributed by atoms with Gasteiger partial charge in [-0.25, -0.2) is 4.79 Å². The summed E-state index contributed by atoms with van der Waals surface area (Å²) in [6.45, 7) is 9.55. The van der Waals surface area contributed by atoms with E-state index in [2.05, 4.69) is 26.2 Å². The van der Waals surface area contributed by atoms with Crippen molar-refractivity contribution in [3.63, 3.8) is 0 Å². The Morgan fingerprint density at radius 2 is 1.92 bits per heavy atom. The van der Waals surface area contributed by atoms with Crippen LogP contribution < -0.4 is 10.6 Å². The van der Waals surface area contributed by atoms with Crippen molar-refractivity contribution in [3.8, 4) is 5.69 Å². The zero-order valence-electron chi connectivity index (χ0n) is 15.0. The van der Waals surface area contributed by atoms with Gasteiger partial charge in [0.25, 0.3) is 0 Å². The van der Waals surface area contributed by atoms with Crippen molar-refractivity contribution < 1.29 is 9.59 Å². The number of hydrogen-bond acceptors (Lipinski definition) is 6. The lowest BCUT2D eigenvalue weighted by Gasteiger charge is -2.20. The van der Waals surface area contributed by atoms with E-state index >= 15 is 0 Å². The van der Waals surface area contributed by atoms with Gasteiger partial charge in [-0.3, -0.25) is 10.1 Å². The van der Waals surface area contributed by atoms with Crippen LogP contribution in [0.2, 0.25) is 0 Å². The van der Waals surface area contributed by atoms with Gasteiger partial charge in [0.2, 0.25) is 11.1 Å². The normalized spacial score (nSPS) is 11.2. The van der Waals surface area contributed by atoms with Crippen LogP contribution in [0.5, 0.6) is 0 Å². The quantitative estimate of drug-likeness (QED) is 0.807. The second-order valence-corrected chi connectivity index (χ2v) is 7.63. The highest BCUT2D eigenvalue weighted by molar-refractivity contribution is 7.99. The molecule has 0 unspecified atom stereocenters. The Hall–Kier alpha value is -2.42. The Labute approximate surface area is 150 Å². The van der Waals surface area contributed by atoms with E-state index in [0.29, 0.717) is 5.16 Å². The van der Waals surface area contributed by atoms with Gasteiger partial charge in [-0.1, -0.05) is 17.8 Å². The third kappa shape index (κ3) is 5.56. The van der Waals surface area contributed by atoms with E-state index in [1.165, 1.54) is 5.56 Å². The lowest BCUT2D eigenvalue weighted by Crippen LogP contribution is -2.48. The molecule has 3 amide bonds. The first-order chi connectivity index (χ1) is 11.7. The van der Waals surface area contributed by atoms with Crippen molar-refractivity contribution in [2.24, 2.45) is 0 Å². The molecule has 0 radical (unpaired) electrons. The molecule has 0 saturated heterocycles. The molecule has 1 aromatic heterocycles. The summed E-state index contributed by atoms with van der Waals surface area (Å²) >= 11 is 1.16. The molecule has 134 valence electrons. The van der Waals surface area contributed by atoms with Crippen LogP contribution in [0.1, 0.15) is 31.9 Å². The molecular formula is C16H22N6O2S. The van der Waals surface area contributed by atoms with Crippen molar-refractivity contribution >= 4 is 23.7 Å². The average molecular weight is 362 g/mol. The highest BCUT2D eigenvalue weighted by Gasteiger charge is 2.17. The van der Waals surface area contributed by atoms with Gasteiger partial charge in [-0.2, -0.15) is 4.68 Å². The number of tetrazole rings is 1. The Kier molecular flexibility index (Phi) is 5.78. The van der Waals surface area contributed by atoms with Crippen LogP contribution in [0.4, 0.5) is 4.79 Å². The van der Waals surface area contributed by atoms with Gasteiger partial charge in [0, 0.05) is 5.54 Å². The maximum Gasteiger partial charge on any atom is 0.321 e. The summed E-state index contributed by atoms with van der Waals surface area (Å²) in [5, 5.41) is 17.0. The van der Waals surface area contributed by atoms with Crippen molar-refractivity contribution in [3.05, 3.63) is 29.3 Å². The lowest BCUT2D eigenvalue weighted by atomic mass is 10.1. The molecule has 2 N–H and O–H groups in total. The number of carbonyl (C=O) groups is 2. The molecular weight excluding hydrogens is 340 g/mol. The molecule has 0 fully saturated rings. The van der Waals surface area contributed by atoms with E-state index in [9.17, 15) is 9.59 Å². The van der Waals surface area contributed by atoms with Crippen LogP contribution in [0.25, 0.3) is 5.69 Å². The van der Waals surface area contributed by atoms with Gasteiger partial charge < -0.3 is 5.32 Å². The summed E-state index contributed by atoms with van der Waals surface area (Å²) in [5.41, 5.74) is 2.71. The monoisotopic (exact) mass is 362 g/mol. The SMILES string of the molecule is Cc1ccc(-n2nnnc2SCC(=O)NC(=O)NC(C)(C)C)cc1C. The van der Waals surface area contributed by atoms with Gasteiger partial charge in [-0.05, 0) is 68.3 Å². The van der Waals surface area contributed by atoms with Crippen molar-refractivity contribution in [1.82, 2.24) is 30.8 Å². The first-order valence-corrected chi connectivity index (χ1v) is 8.75. The number of imide groups is 1. The summed E-state index contributed by atoms with van der Waals surface area (Å²) in [6, 6.07) is 5.36. The van der Waals surface area contributed by atoms with Crippen LogP contribution in [0, 0.1) is 13.8 Å². The lowest BCUT2D eigenvalue weighted by molar-refractivity contribution is -0.117. The van der Waals surface area contributed by atoms with Gasteiger partial charge >= 0.3 is 6.03 Å². The number of urea groups is 1.